The highest BCUT2D eigenvalue weighted by Crippen LogP contribution is 2.40. The van der Waals surface area contributed by atoms with Gasteiger partial charge in [-0.15, -0.1) is 0 Å². The number of rotatable bonds is 17. The van der Waals surface area contributed by atoms with Crippen LogP contribution < -0.4 is 21.4 Å². The van der Waals surface area contributed by atoms with E-state index < -0.39 is 29.7 Å². The number of carbonyl (C=O) groups excluding carboxylic acids is 5. The molecule has 0 bridgehead atoms. The summed E-state index contributed by atoms with van der Waals surface area (Å²) in [6.45, 7) is 1.77. The fraction of sp³-hybridized carbons (Fsp3) is 0.327. The summed E-state index contributed by atoms with van der Waals surface area (Å²) < 4.78 is 9.92. The SMILES string of the molecule is N=c1c2c(-c3ccccc3)c(-c3ccccc3)n(Cc3cccc(C#CCCCCC(=O)NCCOCCNc4cccc5c4C(=O)N(C4CCC(=O)NC4=O)C5=O)c3)c2ncn1C1CCC(O)CC1. The maximum Gasteiger partial charge on any atom is 0.264 e. The second-order valence-electron chi connectivity index (χ2n) is 18.0. The van der Waals surface area contributed by atoms with E-state index in [1.807, 2.05) is 59.4 Å². The molecule has 2 aliphatic heterocycles. The largest absolute Gasteiger partial charge is 0.393 e. The lowest BCUT2D eigenvalue weighted by Gasteiger charge is -2.27. The minimum absolute atomic E-state index is 0.0491. The first-order chi connectivity index (χ1) is 34.2. The number of amides is 5. The molecule has 5 amide bonds. The van der Waals surface area contributed by atoms with Crippen molar-refractivity contribution in [2.24, 2.45) is 0 Å². The van der Waals surface area contributed by atoms with Gasteiger partial charge in [-0.25, -0.2) is 4.98 Å². The number of imide groups is 2. The molecule has 0 radical (unpaired) electrons. The Balaban J connectivity index is 0.759. The Hall–Kier alpha value is -7.67. The molecule has 9 rings (SSSR count). The quantitative estimate of drug-likeness (QED) is 0.0374. The van der Waals surface area contributed by atoms with E-state index in [2.05, 4.69) is 68.8 Å². The predicted octanol–water partition coefficient (Wildman–Crippen LogP) is 6.73. The first-order valence-electron chi connectivity index (χ1n) is 24.1. The number of unbranched alkanes of at least 4 members (excludes halogenated alkanes) is 2. The van der Waals surface area contributed by atoms with Gasteiger partial charge in [0.25, 0.3) is 11.8 Å². The number of benzene rings is 4. The molecule has 1 atom stereocenters. The molecular formula is C55H56N8O7. The minimum Gasteiger partial charge on any atom is -0.393 e. The van der Waals surface area contributed by atoms with Gasteiger partial charge in [0, 0.05) is 61.8 Å². The zero-order valence-electron chi connectivity index (χ0n) is 38.9. The van der Waals surface area contributed by atoms with E-state index in [1.165, 1.54) is 0 Å². The van der Waals surface area contributed by atoms with Crippen molar-refractivity contribution in [2.45, 2.75) is 88.9 Å². The molecule has 70 heavy (non-hydrogen) atoms. The molecule has 2 aromatic heterocycles. The van der Waals surface area contributed by atoms with Crippen LogP contribution in [-0.2, 0) is 25.7 Å². The molecule has 1 unspecified atom stereocenters. The van der Waals surface area contributed by atoms with Crippen LogP contribution in [0.1, 0.15) is 102 Å². The van der Waals surface area contributed by atoms with Gasteiger partial charge in [-0.05, 0) is 85.9 Å². The van der Waals surface area contributed by atoms with E-state index in [9.17, 15) is 34.5 Å². The van der Waals surface area contributed by atoms with Crippen LogP contribution in [-0.4, -0.2) is 92.1 Å². The number of carbonyl (C=O) groups is 5. The molecule has 1 saturated carbocycles. The Bertz CT molecular complexity index is 3060. The molecule has 4 heterocycles. The molecular weight excluding hydrogens is 885 g/mol. The van der Waals surface area contributed by atoms with Gasteiger partial charge in [-0.3, -0.25) is 39.6 Å². The van der Waals surface area contributed by atoms with Crippen molar-refractivity contribution in [2.75, 3.05) is 31.6 Å². The summed E-state index contributed by atoms with van der Waals surface area (Å²) in [4.78, 5) is 69.0. The van der Waals surface area contributed by atoms with Gasteiger partial charge in [0.2, 0.25) is 17.7 Å². The van der Waals surface area contributed by atoms with Crippen LogP contribution in [0.4, 0.5) is 5.69 Å². The van der Waals surface area contributed by atoms with Crippen molar-refractivity contribution in [3.63, 3.8) is 0 Å². The third-order valence-corrected chi connectivity index (χ3v) is 13.3. The second kappa shape index (κ2) is 21.7. The monoisotopic (exact) mass is 940 g/mol. The average Bonchev–Trinajstić information content (AvgIpc) is 3.83. The molecule has 15 nitrogen and oxygen atoms in total. The molecule has 1 aliphatic carbocycles. The van der Waals surface area contributed by atoms with Gasteiger partial charge in [0.05, 0.1) is 47.9 Å². The highest BCUT2D eigenvalue weighted by atomic mass is 16.5. The summed E-state index contributed by atoms with van der Waals surface area (Å²) >= 11 is 0. The average molecular weight is 941 g/mol. The number of hydrogen-bond donors (Lipinski definition) is 5. The first-order valence-corrected chi connectivity index (χ1v) is 24.1. The number of aliphatic hydroxyl groups excluding tert-OH is 1. The minimum atomic E-state index is -1.04. The van der Waals surface area contributed by atoms with Crippen LogP contribution in [0.3, 0.4) is 0 Å². The number of ether oxygens (including phenoxy) is 1. The number of fused-ring (bicyclic) bond motifs is 2. The van der Waals surface area contributed by atoms with Gasteiger partial charge >= 0.3 is 0 Å². The fourth-order valence-electron chi connectivity index (χ4n) is 9.78. The van der Waals surface area contributed by atoms with Crippen LogP contribution >= 0.6 is 0 Å². The van der Waals surface area contributed by atoms with Crippen LogP contribution in [0.5, 0.6) is 0 Å². The topological polar surface area (TPSA) is 201 Å². The molecule has 2 fully saturated rings. The number of nitrogens with zero attached hydrogens (tertiary/aromatic N) is 4. The molecule has 4 aromatic carbocycles. The third-order valence-electron chi connectivity index (χ3n) is 13.3. The van der Waals surface area contributed by atoms with Gasteiger partial charge in [0.15, 0.2) is 0 Å². The first kappa shape index (κ1) is 47.4. The number of piperidine rings is 1. The van der Waals surface area contributed by atoms with Gasteiger partial charge < -0.3 is 29.6 Å². The Morgan fingerprint density at radius 2 is 1.57 bits per heavy atom. The standard InChI is InChI=1S/C55H56N8O7/c56-51-49-47(38-16-6-3-7-17-38)50(39-18-8-4-9-19-39)61(52(49)59-35-62(51)40-23-25-41(64)26-24-40)34-37-15-11-14-36(33-37)13-5-1-2-10-22-45(65)58-30-32-70-31-29-57-43-21-12-20-42-48(43)55(69)63(54(42)68)44-27-28-46(66)60-53(44)67/h3-4,6-9,11-12,14-21,33,35,40-41,44,56-57,64H,1-2,10,22-32,34H2,(H,58,65)(H,60,66,67). The summed E-state index contributed by atoms with van der Waals surface area (Å²) in [5.41, 5.74) is 7.97. The molecule has 5 N–H and O–H groups in total. The summed E-state index contributed by atoms with van der Waals surface area (Å²) in [7, 11) is 0. The van der Waals surface area contributed by atoms with Crippen LogP contribution in [0.2, 0.25) is 0 Å². The number of aromatic nitrogens is 3. The third kappa shape index (κ3) is 10.3. The van der Waals surface area contributed by atoms with Crippen LogP contribution in [0.25, 0.3) is 33.4 Å². The molecule has 3 aliphatic rings. The Morgan fingerprint density at radius 1 is 0.829 bits per heavy atom. The van der Waals surface area contributed by atoms with Gasteiger partial charge in [-0.1, -0.05) is 90.7 Å². The molecule has 358 valence electrons. The zero-order valence-corrected chi connectivity index (χ0v) is 38.9. The smallest absolute Gasteiger partial charge is 0.264 e. The van der Waals surface area contributed by atoms with E-state index in [4.69, 9.17) is 9.72 Å². The maximum absolute atomic E-state index is 13.3. The summed E-state index contributed by atoms with van der Waals surface area (Å²) in [6, 6.07) is 32.7. The van der Waals surface area contributed by atoms with E-state index in [-0.39, 0.29) is 48.6 Å². The normalized spacial score (nSPS) is 17.8. The highest BCUT2D eigenvalue weighted by Gasteiger charge is 2.45. The number of nitrogens with one attached hydrogen (secondary N) is 4. The van der Waals surface area contributed by atoms with E-state index in [1.54, 1.807) is 18.2 Å². The van der Waals surface area contributed by atoms with Crippen molar-refractivity contribution in [1.29, 1.82) is 5.41 Å². The van der Waals surface area contributed by atoms with E-state index >= 15 is 0 Å². The van der Waals surface area contributed by atoms with Crippen molar-refractivity contribution >= 4 is 46.3 Å². The lowest BCUT2D eigenvalue weighted by atomic mass is 9.93. The molecule has 6 aromatic rings. The summed E-state index contributed by atoms with van der Waals surface area (Å²) in [6.07, 6.45) is 7.15. The maximum atomic E-state index is 13.3. The summed E-state index contributed by atoms with van der Waals surface area (Å²) in [5.74, 6) is 4.32. The molecule has 0 spiro atoms. The second-order valence-corrected chi connectivity index (χ2v) is 18.0. The predicted molar refractivity (Wildman–Crippen MR) is 264 cm³/mol. The number of hydrogen-bond acceptors (Lipinski definition) is 10. The van der Waals surface area contributed by atoms with Crippen LogP contribution in [0, 0.1) is 17.3 Å². The van der Waals surface area contributed by atoms with Crippen molar-refractivity contribution < 1.29 is 33.8 Å². The number of anilines is 1. The highest BCUT2D eigenvalue weighted by molar-refractivity contribution is 6.25. The Morgan fingerprint density at radius 3 is 2.34 bits per heavy atom. The molecule has 15 heteroatoms. The zero-order chi connectivity index (χ0) is 48.6. The van der Waals surface area contributed by atoms with E-state index in [0.29, 0.717) is 69.5 Å². The molecule has 1 saturated heterocycles. The van der Waals surface area contributed by atoms with Crippen molar-refractivity contribution in [1.82, 2.24) is 29.7 Å². The van der Waals surface area contributed by atoms with Crippen molar-refractivity contribution in [3.8, 4) is 34.2 Å². The Kier molecular flexibility index (Phi) is 14.7. The van der Waals surface area contributed by atoms with Gasteiger partial charge in [-0.2, -0.15) is 0 Å². The number of aliphatic hydroxyl groups is 1. The Labute approximate surface area is 405 Å². The van der Waals surface area contributed by atoms with Crippen LogP contribution in [0.15, 0.2) is 109 Å². The summed E-state index contributed by atoms with van der Waals surface area (Å²) in [5, 5.41) is 28.9. The van der Waals surface area contributed by atoms with Crippen molar-refractivity contribution in [3.05, 3.63) is 137 Å². The lowest BCUT2D eigenvalue weighted by molar-refractivity contribution is -0.136. The van der Waals surface area contributed by atoms with E-state index in [0.717, 1.165) is 68.7 Å². The van der Waals surface area contributed by atoms with Gasteiger partial charge in [0.1, 0.15) is 17.2 Å². The lowest BCUT2D eigenvalue weighted by Crippen LogP contribution is -2.54. The fourth-order valence-corrected chi connectivity index (χ4v) is 9.78.